The molecule has 0 fully saturated rings. The van der Waals surface area contributed by atoms with E-state index in [0.717, 1.165) is 33.3 Å². The molecule has 9 heteroatoms. The Morgan fingerprint density at radius 2 is 2.21 bits per heavy atom. The SMILES string of the molecule is COc1[nH]ncc1-c1ccc2c(C(=O)C3COc4ccc(Cl)cc4C3)nn(CC(C)O)c2c1. The van der Waals surface area contributed by atoms with E-state index < -0.39 is 6.10 Å². The van der Waals surface area contributed by atoms with Crippen LogP contribution in [0.25, 0.3) is 22.0 Å². The van der Waals surface area contributed by atoms with Gasteiger partial charge >= 0.3 is 0 Å². The molecule has 4 aromatic rings. The average molecular weight is 467 g/mol. The zero-order valence-electron chi connectivity index (χ0n) is 18.2. The van der Waals surface area contributed by atoms with Crippen molar-refractivity contribution >= 4 is 28.3 Å². The number of fused-ring (bicyclic) bond motifs is 2. The molecule has 2 aromatic heterocycles. The molecule has 1 aliphatic rings. The summed E-state index contributed by atoms with van der Waals surface area (Å²) in [6, 6.07) is 11.2. The van der Waals surface area contributed by atoms with E-state index in [1.165, 1.54) is 0 Å². The summed E-state index contributed by atoms with van der Waals surface area (Å²) >= 11 is 6.13. The number of aromatic nitrogens is 4. The molecule has 0 radical (unpaired) electrons. The van der Waals surface area contributed by atoms with Gasteiger partial charge in [0.05, 0.1) is 49.6 Å². The molecule has 0 spiro atoms. The van der Waals surface area contributed by atoms with Gasteiger partial charge < -0.3 is 14.6 Å². The highest BCUT2D eigenvalue weighted by Crippen LogP contribution is 2.34. The lowest BCUT2D eigenvalue weighted by atomic mass is 9.91. The number of aromatic amines is 1. The van der Waals surface area contributed by atoms with Crippen molar-refractivity contribution in [3.8, 4) is 22.8 Å². The molecule has 8 nitrogen and oxygen atoms in total. The summed E-state index contributed by atoms with van der Waals surface area (Å²) in [4.78, 5) is 13.5. The number of carbonyl (C=O) groups excluding carboxylic acids is 1. The number of carbonyl (C=O) groups is 1. The van der Waals surface area contributed by atoms with E-state index >= 15 is 0 Å². The Kier molecular flexibility index (Phi) is 5.55. The third kappa shape index (κ3) is 3.96. The number of hydrogen-bond acceptors (Lipinski definition) is 6. The summed E-state index contributed by atoms with van der Waals surface area (Å²) in [7, 11) is 1.57. The third-order valence-corrected chi connectivity index (χ3v) is 6.08. The monoisotopic (exact) mass is 466 g/mol. The van der Waals surface area contributed by atoms with Crippen molar-refractivity contribution in [2.45, 2.75) is 26.0 Å². The average Bonchev–Trinajstić information content (AvgIpc) is 3.42. The molecule has 0 aliphatic carbocycles. The third-order valence-electron chi connectivity index (χ3n) is 5.84. The van der Waals surface area contributed by atoms with Crippen molar-refractivity contribution < 1.29 is 19.4 Å². The zero-order chi connectivity index (χ0) is 23.1. The van der Waals surface area contributed by atoms with Crippen LogP contribution in [-0.2, 0) is 13.0 Å². The molecule has 2 N–H and O–H groups in total. The van der Waals surface area contributed by atoms with Gasteiger partial charge in [0, 0.05) is 10.4 Å². The number of benzene rings is 2. The van der Waals surface area contributed by atoms with Crippen molar-refractivity contribution in [2.75, 3.05) is 13.7 Å². The standard InChI is InChI=1S/C24H23ClN4O4/c1-13(30)11-29-20-9-14(19-10-26-27-24(19)32-2)3-5-18(20)22(28-29)23(31)16-7-15-8-17(25)4-6-21(15)33-12-16/h3-6,8-10,13,16,30H,7,11-12H2,1-2H3,(H,26,27). The second-order valence-corrected chi connectivity index (χ2v) is 8.69. The highest BCUT2D eigenvalue weighted by molar-refractivity contribution is 6.30. The maximum atomic E-state index is 13.5. The Hall–Kier alpha value is -3.36. The highest BCUT2D eigenvalue weighted by Gasteiger charge is 2.30. The molecule has 170 valence electrons. The number of nitrogens with one attached hydrogen (secondary N) is 1. The molecule has 33 heavy (non-hydrogen) atoms. The Morgan fingerprint density at radius 3 is 3.00 bits per heavy atom. The molecule has 0 saturated heterocycles. The second kappa shape index (κ2) is 8.53. The van der Waals surface area contributed by atoms with E-state index in [9.17, 15) is 9.90 Å². The van der Waals surface area contributed by atoms with Gasteiger partial charge in [0.1, 0.15) is 11.4 Å². The summed E-state index contributed by atoms with van der Waals surface area (Å²) in [5.41, 5.74) is 3.69. The van der Waals surface area contributed by atoms with Crippen molar-refractivity contribution in [1.82, 2.24) is 20.0 Å². The highest BCUT2D eigenvalue weighted by atomic mass is 35.5. The van der Waals surface area contributed by atoms with Crippen molar-refractivity contribution in [2.24, 2.45) is 5.92 Å². The van der Waals surface area contributed by atoms with Crippen LogP contribution in [0.15, 0.2) is 42.6 Å². The van der Waals surface area contributed by atoms with Crippen molar-refractivity contribution in [3.05, 3.63) is 58.9 Å². The molecule has 2 atom stereocenters. The summed E-state index contributed by atoms with van der Waals surface area (Å²) in [6.45, 7) is 2.23. The second-order valence-electron chi connectivity index (χ2n) is 8.26. The van der Waals surface area contributed by atoms with Crippen LogP contribution in [-0.4, -0.2) is 50.7 Å². The van der Waals surface area contributed by atoms with E-state index in [4.69, 9.17) is 21.1 Å². The molecular formula is C24H23ClN4O4. The first-order chi connectivity index (χ1) is 15.9. The molecule has 0 bridgehead atoms. The van der Waals surface area contributed by atoms with Gasteiger partial charge in [-0.1, -0.05) is 17.7 Å². The van der Waals surface area contributed by atoms with Crippen LogP contribution < -0.4 is 9.47 Å². The van der Waals surface area contributed by atoms with Crippen LogP contribution in [0.2, 0.25) is 5.02 Å². The molecule has 5 rings (SSSR count). The molecule has 1 aliphatic heterocycles. The zero-order valence-corrected chi connectivity index (χ0v) is 19.0. The van der Waals surface area contributed by atoms with Gasteiger partial charge in [-0.05, 0) is 54.8 Å². The van der Waals surface area contributed by atoms with Crippen LogP contribution in [0.3, 0.4) is 0 Å². The minimum absolute atomic E-state index is 0.0939. The van der Waals surface area contributed by atoms with E-state index in [1.807, 2.05) is 30.3 Å². The number of halogens is 1. The Bertz CT molecular complexity index is 1340. The van der Waals surface area contributed by atoms with Gasteiger partial charge in [0.25, 0.3) is 0 Å². The van der Waals surface area contributed by atoms with E-state index in [0.29, 0.717) is 23.0 Å². The maximum absolute atomic E-state index is 13.5. The lowest BCUT2D eigenvalue weighted by Crippen LogP contribution is -2.29. The lowest BCUT2D eigenvalue weighted by Gasteiger charge is -2.24. The van der Waals surface area contributed by atoms with E-state index in [1.54, 1.807) is 31.0 Å². The number of aliphatic hydroxyl groups excluding tert-OH is 1. The number of ketones is 1. The Balaban J connectivity index is 1.54. The van der Waals surface area contributed by atoms with Gasteiger partial charge in [0.15, 0.2) is 5.78 Å². The Morgan fingerprint density at radius 1 is 1.36 bits per heavy atom. The van der Waals surface area contributed by atoms with Gasteiger partial charge in [-0.3, -0.25) is 9.48 Å². The first-order valence-corrected chi connectivity index (χ1v) is 11.0. The summed E-state index contributed by atoms with van der Waals surface area (Å²) in [5, 5.41) is 22.8. The molecule has 2 unspecified atom stereocenters. The largest absolute Gasteiger partial charge is 0.493 e. The Labute approximate surface area is 195 Å². The van der Waals surface area contributed by atoms with Gasteiger partial charge in [-0.15, -0.1) is 0 Å². The van der Waals surface area contributed by atoms with Crippen molar-refractivity contribution in [1.29, 1.82) is 0 Å². The quantitative estimate of drug-likeness (QED) is 0.418. The molecular weight excluding hydrogens is 444 g/mol. The maximum Gasteiger partial charge on any atom is 0.216 e. The fraction of sp³-hybridized carbons (Fsp3) is 0.292. The molecule has 3 heterocycles. The normalized spacial score (nSPS) is 16.3. The topological polar surface area (TPSA) is 102 Å². The number of methoxy groups -OCH3 is 1. The molecule has 2 aromatic carbocycles. The van der Waals surface area contributed by atoms with E-state index in [2.05, 4.69) is 15.3 Å². The minimum Gasteiger partial charge on any atom is -0.493 e. The van der Waals surface area contributed by atoms with Crippen LogP contribution >= 0.6 is 11.6 Å². The number of H-pyrrole nitrogens is 1. The molecule has 0 saturated carbocycles. The number of ether oxygens (including phenoxy) is 2. The first-order valence-electron chi connectivity index (χ1n) is 10.7. The fourth-order valence-corrected chi connectivity index (χ4v) is 4.47. The van der Waals surface area contributed by atoms with E-state index in [-0.39, 0.29) is 24.9 Å². The predicted molar refractivity (Wildman–Crippen MR) is 124 cm³/mol. The lowest BCUT2D eigenvalue weighted by molar-refractivity contribution is 0.0849. The number of rotatable bonds is 6. The fourth-order valence-electron chi connectivity index (χ4n) is 4.27. The van der Waals surface area contributed by atoms with Gasteiger partial charge in [-0.2, -0.15) is 10.2 Å². The number of Topliss-reactive ketones (excluding diaryl/α,β-unsaturated/α-hetero) is 1. The summed E-state index contributed by atoms with van der Waals surface area (Å²) in [5.74, 6) is 0.835. The number of aliphatic hydroxyl groups is 1. The van der Waals surface area contributed by atoms with Gasteiger partial charge in [0.2, 0.25) is 5.88 Å². The number of hydrogen-bond donors (Lipinski definition) is 2. The van der Waals surface area contributed by atoms with Crippen LogP contribution in [0.5, 0.6) is 11.6 Å². The van der Waals surface area contributed by atoms with Crippen molar-refractivity contribution in [3.63, 3.8) is 0 Å². The molecule has 0 amide bonds. The number of nitrogens with zero attached hydrogens (tertiary/aromatic N) is 3. The van der Waals surface area contributed by atoms with Crippen LogP contribution in [0.1, 0.15) is 23.0 Å². The predicted octanol–water partition coefficient (Wildman–Crippen LogP) is 3.90. The summed E-state index contributed by atoms with van der Waals surface area (Å²) in [6.07, 6.45) is 1.59. The summed E-state index contributed by atoms with van der Waals surface area (Å²) < 4.78 is 12.9. The minimum atomic E-state index is -0.629. The van der Waals surface area contributed by atoms with Gasteiger partial charge in [-0.25, -0.2) is 5.10 Å². The smallest absolute Gasteiger partial charge is 0.216 e. The van der Waals surface area contributed by atoms with Crippen LogP contribution in [0, 0.1) is 5.92 Å². The van der Waals surface area contributed by atoms with Crippen LogP contribution in [0.4, 0.5) is 0 Å². The first kappa shape index (κ1) is 21.5.